The van der Waals surface area contributed by atoms with Crippen molar-refractivity contribution in [1.29, 1.82) is 0 Å². The Morgan fingerprint density at radius 3 is 2.36 bits per heavy atom. The normalized spacial score (nSPS) is 11.5. The summed E-state index contributed by atoms with van der Waals surface area (Å²) in [6.45, 7) is 4.30. The minimum absolute atomic E-state index is 0.00222. The lowest BCUT2D eigenvalue weighted by Crippen LogP contribution is -2.25. The molecule has 0 aliphatic rings. The minimum Gasteiger partial charge on any atom is -0.268 e. The number of para-hydroxylation sites is 1. The standard InChI is InChI=1S/C22H20N2O/c1-15(2)14-21-23-19-12-6-5-11-18(19)22(25)24(21)20-13-7-9-16-8-3-4-10-17(16)20/h3-13,15H,14H2,1-2H3. The van der Waals surface area contributed by atoms with Gasteiger partial charge in [-0.3, -0.25) is 9.36 Å². The van der Waals surface area contributed by atoms with Gasteiger partial charge in [-0.15, -0.1) is 0 Å². The lowest BCUT2D eigenvalue weighted by Gasteiger charge is -2.16. The van der Waals surface area contributed by atoms with Crippen molar-refractivity contribution in [1.82, 2.24) is 9.55 Å². The summed E-state index contributed by atoms with van der Waals surface area (Å²) in [5.74, 6) is 1.23. The van der Waals surface area contributed by atoms with Crippen LogP contribution in [-0.4, -0.2) is 9.55 Å². The van der Waals surface area contributed by atoms with Gasteiger partial charge in [0.25, 0.3) is 5.56 Å². The van der Waals surface area contributed by atoms with Gasteiger partial charge >= 0.3 is 0 Å². The molecule has 0 fully saturated rings. The van der Waals surface area contributed by atoms with Crippen molar-refractivity contribution in [2.24, 2.45) is 5.92 Å². The highest BCUT2D eigenvalue weighted by molar-refractivity contribution is 5.90. The van der Waals surface area contributed by atoms with E-state index in [2.05, 4.69) is 32.0 Å². The maximum absolute atomic E-state index is 13.3. The number of fused-ring (bicyclic) bond motifs is 2. The molecule has 0 saturated heterocycles. The van der Waals surface area contributed by atoms with E-state index in [0.29, 0.717) is 11.3 Å². The van der Waals surface area contributed by atoms with E-state index in [4.69, 9.17) is 4.98 Å². The maximum atomic E-state index is 13.3. The molecule has 25 heavy (non-hydrogen) atoms. The van der Waals surface area contributed by atoms with Gasteiger partial charge in [0, 0.05) is 11.8 Å². The molecule has 0 aliphatic carbocycles. The van der Waals surface area contributed by atoms with Crippen molar-refractivity contribution >= 4 is 21.7 Å². The Kier molecular flexibility index (Phi) is 3.85. The predicted molar refractivity (Wildman–Crippen MR) is 103 cm³/mol. The average Bonchev–Trinajstić information content (AvgIpc) is 2.61. The molecule has 0 amide bonds. The third-order valence-corrected chi connectivity index (χ3v) is 4.44. The SMILES string of the molecule is CC(C)Cc1nc2ccccc2c(=O)n1-c1cccc2ccccc12. The smallest absolute Gasteiger partial charge is 0.265 e. The van der Waals surface area contributed by atoms with Crippen LogP contribution in [0.5, 0.6) is 0 Å². The van der Waals surface area contributed by atoms with E-state index in [1.165, 1.54) is 0 Å². The summed E-state index contributed by atoms with van der Waals surface area (Å²) < 4.78 is 1.80. The Morgan fingerprint density at radius 2 is 1.56 bits per heavy atom. The van der Waals surface area contributed by atoms with Gasteiger partial charge in [0.1, 0.15) is 5.82 Å². The largest absolute Gasteiger partial charge is 0.268 e. The molecule has 1 aromatic heterocycles. The molecule has 0 saturated carbocycles. The molecule has 3 nitrogen and oxygen atoms in total. The summed E-state index contributed by atoms with van der Waals surface area (Å²) in [7, 11) is 0. The number of hydrogen-bond donors (Lipinski definition) is 0. The van der Waals surface area contributed by atoms with Gasteiger partial charge < -0.3 is 0 Å². The fraction of sp³-hybridized carbons (Fsp3) is 0.182. The van der Waals surface area contributed by atoms with Crippen molar-refractivity contribution in [3.8, 4) is 5.69 Å². The molecule has 4 aromatic rings. The molecule has 0 atom stereocenters. The summed E-state index contributed by atoms with van der Waals surface area (Å²) >= 11 is 0. The minimum atomic E-state index is -0.00222. The van der Waals surface area contributed by atoms with Crippen molar-refractivity contribution in [3.05, 3.63) is 82.9 Å². The van der Waals surface area contributed by atoms with E-state index >= 15 is 0 Å². The van der Waals surface area contributed by atoms with E-state index < -0.39 is 0 Å². The van der Waals surface area contributed by atoms with Crippen LogP contribution in [0.15, 0.2) is 71.5 Å². The van der Waals surface area contributed by atoms with Crippen molar-refractivity contribution in [3.63, 3.8) is 0 Å². The van der Waals surface area contributed by atoms with Crippen LogP contribution in [-0.2, 0) is 6.42 Å². The number of nitrogens with zero attached hydrogens (tertiary/aromatic N) is 2. The molecule has 3 heteroatoms. The molecule has 0 spiro atoms. The number of benzene rings is 3. The zero-order valence-electron chi connectivity index (χ0n) is 14.4. The Balaban J connectivity index is 2.12. The first-order chi connectivity index (χ1) is 12.1. The van der Waals surface area contributed by atoms with Crippen molar-refractivity contribution in [2.45, 2.75) is 20.3 Å². The predicted octanol–water partition coefficient (Wildman–Crippen LogP) is 4.74. The highest BCUT2D eigenvalue weighted by Crippen LogP contribution is 2.23. The van der Waals surface area contributed by atoms with E-state index in [-0.39, 0.29) is 5.56 Å². The molecule has 124 valence electrons. The molecule has 0 aliphatic heterocycles. The van der Waals surface area contributed by atoms with E-state index in [9.17, 15) is 4.79 Å². The summed E-state index contributed by atoms with van der Waals surface area (Å²) in [6, 6.07) is 21.8. The van der Waals surface area contributed by atoms with Crippen molar-refractivity contribution in [2.75, 3.05) is 0 Å². The van der Waals surface area contributed by atoms with E-state index in [1.54, 1.807) is 4.57 Å². The third-order valence-electron chi connectivity index (χ3n) is 4.44. The van der Waals surface area contributed by atoms with Crippen LogP contribution in [0, 0.1) is 5.92 Å². The van der Waals surface area contributed by atoms with Gasteiger partial charge in [0.2, 0.25) is 0 Å². The third kappa shape index (κ3) is 2.72. The average molecular weight is 328 g/mol. The summed E-state index contributed by atoms with van der Waals surface area (Å²) in [5, 5.41) is 2.84. The first kappa shape index (κ1) is 15.6. The number of hydrogen-bond acceptors (Lipinski definition) is 2. The molecule has 3 aromatic carbocycles. The Hall–Kier alpha value is -2.94. The molecule has 1 heterocycles. The summed E-state index contributed by atoms with van der Waals surface area (Å²) in [4.78, 5) is 18.1. The molecule has 4 rings (SSSR count). The van der Waals surface area contributed by atoms with Gasteiger partial charge in [-0.2, -0.15) is 0 Å². The first-order valence-electron chi connectivity index (χ1n) is 8.64. The summed E-state index contributed by atoms with van der Waals surface area (Å²) in [5.41, 5.74) is 1.66. The second-order valence-electron chi connectivity index (χ2n) is 6.78. The fourth-order valence-electron chi connectivity index (χ4n) is 3.33. The van der Waals surface area contributed by atoms with Crippen LogP contribution >= 0.6 is 0 Å². The van der Waals surface area contributed by atoms with E-state index in [1.807, 2.05) is 48.5 Å². The zero-order valence-corrected chi connectivity index (χ0v) is 14.4. The Labute approximate surface area is 146 Å². The second-order valence-corrected chi connectivity index (χ2v) is 6.78. The van der Waals surface area contributed by atoms with Crippen molar-refractivity contribution < 1.29 is 0 Å². The van der Waals surface area contributed by atoms with Crippen LogP contribution in [0.4, 0.5) is 0 Å². The van der Waals surface area contributed by atoms with E-state index in [0.717, 1.165) is 34.2 Å². The fourth-order valence-corrected chi connectivity index (χ4v) is 3.33. The quantitative estimate of drug-likeness (QED) is 0.544. The first-order valence-corrected chi connectivity index (χ1v) is 8.64. The highest BCUT2D eigenvalue weighted by atomic mass is 16.1. The maximum Gasteiger partial charge on any atom is 0.265 e. The lowest BCUT2D eigenvalue weighted by atomic mass is 10.1. The molecule has 0 bridgehead atoms. The highest BCUT2D eigenvalue weighted by Gasteiger charge is 2.15. The van der Waals surface area contributed by atoms with Crippen LogP contribution in [0.3, 0.4) is 0 Å². The molecular weight excluding hydrogens is 308 g/mol. The Bertz CT molecular complexity index is 1120. The van der Waals surface area contributed by atoms with Gasteiger partial charge in [-0.25, -0.2) is 4.98 Å². The second kappa shape index (κ2) is 6.17. The number of aromatic nitrogens is 2. The Morgan fingerprint density at radius 1 is 0.880 bits per heavy atom. The molecular formula is C22H20N2O. The lowest BCUT2D eigenvalue weighted by molar-refractivity contribution is 0.606. The van der Waals surface area contributed by atoms with Crippen LogP contribution in [0.25, 0.3) is 27.4 Å². The summed E-state index contributed by atoms with van der Waals surface area (Å²) in [6.07, 6.45) is 0.753. The zero-order chi connectivity index (χ0) is 17.4. The number of rotatable bonds is 3. The van der Waals surface area contributed by atoms with Gasteiger partial charge in [-0.05, 0) is 29.5 Å². The monoisotopic (exact) mass is 328 g/mol. The van der Waals surface area contributed by atoms with Crippen LogP contribution in [0.2, 0.25) is 0 Å². The van der Waals surface area contributed by atoms with Gasteiger partial charge in [0.05, 0.1) is 16.6 Å². The van der Waals surface area contributed by atoms with Crippen LogP contribution < -0.4 is 5.56 Å². The van der Waals surface area contributed by atoms with Crippen LogP contribution in [0.1, 0.15) is 19.7 Å². The molecule has 0 N–H and O–H groups in total. The van der Waals surface area contributed by atoms with Gasteiger partial charge in [-0.1, -0.05) is 62.4 Å². The van der Waals surface area contributed by atoms with Gasteiger partial charge in [0.15, 0.2) is 0 Å². The molecule has 0 unspecified atom stereocenters. The molecule has 0 radical (unpaired) electrons. The topological polar surface area (TPSA) is 34.9 Å².